The van der Waals surface area contributed by atoms with Gasteiger partial charge in [-0.15, -0.1) is 11.3 Å². The monoisotopic (exact) mass is 391 g/mol. The molecule has 6 heteroatoms. The summed E-state index contributed by atoms with van der Waals surface area (Å²) in [7, 11) is 0. The fourth-order valence-electron chi connectivity index (χ4n) is 2.59. The van der Waals surface area contributed by atoms with Crippen molar-refractivity contribution in [2.75, 3.05) is 5.32 Å². The highest BCUT2D eigenvalue weighted by Gasteiger charge is 2.08. The van der Waals surface area contributed by atoms with Crippen molar-refractivity contribution in [2.45, 2.75) is 19.8 Å². The molecule has 0 aliphatic carbocycles. The molecule has 142 valence electrons. The maximum absolute atomic E-state index is 12.2. The number of carbonyl (C=O) groups excluding carboxylic acids is 2. The average molecular weight is 391 g/mol. The maximum atomic E-state index is 12.2. The van der Waals surface area contributed by atoms with Gasteiger partial charge in [-0.2, -0.15) is 5.10 Å². The maximum Gasteiger partial charge on any atom is 0.265 e. The lowest BCUT2D eigenvalue weighted by Crippen LogP contribution is -2.19. The third kappa shape index (κ3) is 5.62. The van der Waals surface area contributed by atoms with Crippen LogP contribution in [0.2, 0.25) is 0 Å². The highest BCUT2D eigenvalue weighted by molar-refractivity contribution is 7.12. The number of rotatable bonds is 7. The second-order valence-corrected chi connectivity index (χ2v) is 7.18. The molecule has 0 saturated heterocycles. The molecule has 28 heavy (non-hydrogen) atoms. The van der Waals surface area contributed by atoms with E-state index in [1.54, 1.807) is 6.07 Å². The Hall–Kier alpha value is -3.25. The molecule has 0 spiro atoms. The smallest absolute Gasteiger partial charge is 0.265 e. The first-order valence-corrected chi connectivity index (χ1v) is 9.82. The van der Waals surface area contributed by atoms with E-state index in [1.165, 1.54) is 11.3 Å². The molecule has 3 rings (SSSR count). The molecule has 2 N–H and O–H groups in total. The highest BCUT2D eigenvalue weighted by atomic mass is 32.1. The van der Waals surface area contributed by atoms with Gasteiger partial charge in [0, 0.05) is 12.1 Å². The van der Waals surface area contributed by atoms with Crippen LogP contribution < -0.4 is 10.7 Å². The van der Waals surface area contributed by atoms with Crippen molar-refractivity contribution in [3.8, 4) is 0 Å². The number of nitrogens with zero attached hydrogens (tertiary/aromatic N) is 1. The molecule has 0 bridgehead atoms. The van der Waals surface area contributed by atoms with Gasteiger partial charge in [0.1, 0.15) is 0 Å². The number of thiophene rings is 1. The van der Waals surface area contributed by atoms with Crippen molar-refractivity contribution in [3.05, 3.63) is 88.1 Å². The summed E-state index contributed by atoms with van der Waals surface area (Å²) in [6.45, 7) is 1.82. The summed E-state index contributed by atoms with van der Waals surface area (Å²) in [5.74, 6) is -0.277. The molecular formula is C22H21N3O2S. The van der Waals surface area contributed by atoms with Crippen LogP contribution in [-0.2, 0) is 11.2 Å². The second kappa shape index (κ2) is 9.62. The van der Waals surface area contributed by atoms with Crippen LogP contribution in [-0.4, -0.2) is 17.5 Å². The topological polar surface area (TPSA) is 70.6 Å². The Bertz CT molecular complexity index is 966. The van der Waals surface area contributed by atoms with E-state index in [2.05, 4.69) is 15.8 Å². The Labute approximate surface area is 168 Å². The molecule has 0 unspecified atom stereocenters. The van der Waals surface area contributed by atoms with E-state index >= 15 is 0 Å². The van der Waals surface area contributed by atoms with E-state index in [0.717, 1.165) is 11.1 Å². The summed E-state index contributed by atoms with van der Waals surface area (Å²) in [5.41, 5.74) is 5.89. The van der Waals surface area contributed by atoms with Gasteiger partial charge in [-0.25, -0.2) is 5.43 Å². The Kier molecular flexibility index (Phi) is 6.70. The van der Waals surface area contributed by atoms with Crippen LogP contribution in [0.15, 0.2) is 77.2 Å². The Morgan fingerprint density at radius 1 is 1.00 bits per heavy atom. The van der Waals surface area contributed by atoms with Gasteiger partial charge in [-0.3, -0.25) is 9.59 Å². The first kappa shape index (κ1) is 19.5. The molecule has 1 heterocycles. The quantitative estimate of drug-likeness (QED) is 0.461. The van der Waals surface area contributed by atoms with E-state index in [1.807, 2.05) is 73.0 Å². The van der Waals surface area contributed by atoms with Crippen molar-refractivity contribution in [2.24, 2.45) is 5.10 Å². The van der Waals surface area contributed by atoms with Gasteiger partial charge in [0.15, 0.2) is 0 Å². The number of hydrogen-bond donors (Lipinski definition) is 2. The van der Waals surface area contributed by atoms with Crippen LogP contribution in [0, 0.1) is 0 Å². The van der Waals surface area contributed by atoms with Crippen molar-refractivity contribution in [3.63, 3.8) is 0 Å². The molecule has 2 aromatic carbocycles. The zero-order valence-corrected chi connectivity index (χ0v) is 16.3. The number of benzene rings is 2. The zero-order valence-electron chi connectivity index (χ0n) is 15.5. The fraction of sp³-hybridized carbons (Fsp3) is 0.136. The normalized spacial score (nSPS) is 11.1. The van der Waals surface area contributed by atoms with Gasteiger partial charge in [0.25, 0.3) is 5.91 Å². The Balaban J connectivity index is 1.56. The van der Waals surface area contributed by atoms with Crippen LogP contribution in [0.25, 0.3) is 0 Å². The lowest BCUT2D eigenvalue weighted by molar-refractivity contribution is -0.121. The predicted molar refractivity (Wildman–Crippen MR) is 114 cm³/mol. The predicted octanol–water partition coefficient (Wildman–Crippen LogP) is 4.47. The minimum atomic E-state index is -0.143. The molecule has 1 aromatic heterocycles. The highest BCUT2D eigenvalue weighted by Crippen LogP contribution is 2.15. The molecular weight excluding hydrogens is 370 g/mol. The molecule has 0 radical (unpaired) electrons. The molecule has 0 aliphatic rings. The number of anilines is 1. The van der Waals surface area contributed by atoms with Gasteiger partial charge in [-0.1, -0.05) is 48.5 Å². The summed E-state index contributed by atoms with van der Waals surface area (Å²) in [6.07, 6.45) is 1.04. The van der Waals surface area contributed by atoms with Gasteiger partial charge in [0.05, 0.1) is 10.6 Å². The van der Waals surface area contributed by atoms with Crippen LogP contribution in [0.5, 0.6) is 0 Å². The van der Waals surface area contributed by atoms with E-state index in [-0.39, 0.29) is 11.8 Å². The Morgan fingerprint density at radius 2 is 1.82 bits per heavy atom. The number of hydrazone groups is 1. The lowest BCUT2D eigenvalue weighted by atomic mass is 10.1. The van der Waals surface area contributed by atoms with E-state index in [0.29, 0.717) is 29.1 Å². The number of hydrogen-bond acceptors (Lipinski definition) is 4. The van der Waals surface area contributed by atoms with Crippen molar-refractivity contribution in [1.29, 1.82) is 0 Å². The fourth-order valence-corrected chi connectivity index (χ4v) is 3.21. The summed E-state index contributed by atoms with van der Waals surface area (Å²) in [5, 5.41) is 8.92. The SMILES string of the molecule is C/C(=N\NC(=O)CCc1ccccc1)c1cccc(NC(=O)c2cccs2)c1. The Morgan fingerprint density at radius 3 is 2.57 bits per heavy atom. The standard InChI is InChI=1S/C22H21N3O2S/c1-16(24-25-21(26)13-12-17-7-3-2-4-8-17)18-9-5-10-19(15-18)23-22(27)20-11-6-14-28-20/h2-11,14-15H,12-13H2,1H3,(H,23,27)(H,25,26)/b24-16+. The molecule has 2 amide bonds. The molecule has 0 atom stereocenters. The largest absolute Gasteiger partial charge is 0.321 e. The molecule has 0 fully saturated rings. The van der Waals surface area contributed by atoms with E-state index < -0.39 is 0 Å². The zero-order chi connectivity index (χ0) is 19.8. The molecule has 0 saturated carbocycles. The summed E-state index contributed by atoms with van der Waals surface area (Å²) >= 11 is 1.39. The average Bonchev–Trinajstić information content (AvgIpc) is 3.26. The van der Waals surface area contributed by atoms with Gasteiger partial charge >= 0.3 is 0 Å². The molecule has 5 nitrogen and oxygen atoms in total. The number of amides is 2. The van der Waals surface area contributed by atoms with Crippen LogP contribution >= 0.6 is 11.3 Å². The van der Waals surface area contributed by atoms with Crippen molar-refractivity contribution in [1.82, 2.24) is 5.43 Å². The van der Waals surface area contributed by atoms with Gasteiger partial charge in [0.2, 0.25) is 5.91 Å². The van der Waals surface area contributed by atoms with Crippen LogP contribution in [0.1, 0.15) is 34.1 Å². The molecule has 0 aliphatic heterocycles. The summed E-state index contributed by atoms with van der Waals surface area (Å²) < 4.78 is 0. The first-order valence-electron chi connectivity index (χ1n) is 8.94. The van der Waals surface area contributed by atoms with Gasteiger partial charge in [-0.05, 0) is 48.1 Å². The van der Waals surface area contributed by atoms with E-state index in [4.69, 9.17) is 0 Å². The van der Waals surface area contributed by atoms with Crippen LogP contribution in [0.4, 0.5) is 5.69 Å². The third-order valence-corrected chi connectivity index (χ3v) is 4.98. The van der Waals surface area contributed by atoms with E-state index in [9.17, 15) is 9.59 Å². The third-order valence-electron chi connectivity index (χ3n) is 4.12. The van der Waals surface area contributed by atoms with Crippen molar-refractivity contribution >= 4 is 34.6 Å². The first-order chi connectivity index (χ1) is 13.6. The minimum absolute atomic E-state index is 0.134. The lowest BCUT2D eigenvalue weighted by Gasteiger charge is -2.07. The van der Waals surface area contributed by atoms with Crippen LogP contribution in [0.3, 0.4) is 0 Å². The summed E-state index contributed by atoms with van der Waals surface area (Å²) in [4.78, 5) is 24.8. The number of nitrogens with one attached hydrogen (secondary N) is 2. The summed E-state index contributed by atoms with van der Waals surface area (Å²) in [6, 6.07) is 20.9. The minimum Gasteiger partial charge on any atom is -0.321 e. The van der Waals surface area contributed by atoms with Gasteiger partial charge < -0.3 is 5.32 Å². The van der Waals surface area contributed by atoms with Crippen molar-refractivity contribution < 1.29 is 9.59 Å². The second-order valence-electron chi connectivity index (χ2n) is 6.23. The molecule has 3 aromatic rings. The number of carbonyl (C=O) groups is 2. The number of aryl methyl sites for hydroxylation is 1.